The van der Waals surface area contributed by atoms with E-state index in [9.17, 15) is 0 Å². The second kappa shape index (κ2) is 7.42. The lowest BCUT2D eigenvalue weighted by Gasteiger charge is -2.14. The summed E-state index contributed by atoms with van der Waals surface area (Å²) in [6.45, 7) is 3.95. The number of aryl methyl sites for hydroxylation is 2. The fourth-order valence-corrected chi connectivity index (χ4v) is 3.11. The van der Waals surface area contributed by atoms with E-state index in [1.807, 2.05) is 74.5 Å². The van der Waals surface area contributed by atoms with Crippen LogP contribution < -0.4 is 4.74 Å². The average molecular weight is 352 g/mol. The molecule has 3 nitrogen and oxygen atoms in total. The highest BCUT2D eigenvalue weighted by molar-refractivity contribution is 5.77. The highest BCUT2D eigenvalue weighted by atomic mass is 16.5. The van der Waals surface area contributed by atoms with Crippen molar-refractivity contribution in [3.05, 3.63) is 96.4 Å². The third-order valence-corrected chi connectivity index (χ3v) is 4.38. The molecule has 1 heterocycles. The average Bonchev–Trinajstić information content (AvgIpc) is 2.70. The predicted octanol–water partition coefficient (Wildman–Crippen LogP) is 6.22. The van der Waals surface area contributed by atoms with Gasteiger partial charge in [0.15, 0.2) is 0 Å². The Balaban J connectivity index is 1.83. The van der Waals surface area contributed by atoms with Crippen LogP contribution in [-0.4, -0.2) is 9.97 Å². The number of para-hydroxylation sites is 1. The van der Waals surface area contributed by atoms with Crippen LogP contribution in [0, 0.1) is 13.8 Å². The van der Waals surface area contributed by atoms with Gasteiger partial charge in [0.1, 0.15) is 11.5 Å². The summed E-state index contributed by atoms with van der Waals surface area (Å²) in [7, 11) is 0. The zero-order chi connectivity index (χ0) is 18.6. The highest BCUT2D eigenvalue weighted by Gasteiger charge is 2.12. The molecule has 3 aromatic carbocycles. The van der Waals surface area contributed by atoms with E-state index in [2.05, 4.69) is 28.2 Å². The number of benzene rings is 3. The fourth-order valence-electron chi connectivity index (χ4n) is 3.11. The molecule has 0 aliphatic heterocycles. The lowest BCUT2D eigenvalue weighted by Crippen LogP contribution is -1.95. The third-order valence-electron chi connectivity index (χ3n) is 4.38. The number of aromatic nitrogens is 2. The van der Waals surface area contributed by atoms with Gasteiger partial charge in [-0.3, -0.25) is 9.97 Å². The molecular weight excluding hydrogens is 332 g/mol. The van der Waals surface area contributed by atoms with Gasteiger partial charge >= 0.3 is 0 Å². The van der Waals surface area contributed by atoms with Gasteiger partial charge < -0.3 is 4.74 Å². The maximum Gasteiger partial charge on any atom is 0.135 e. The second-order valence-corrected chi connectivity index (χ2v) is 6.44. The van der Waals surface area contributed by atoms with Gasteiger partial charge in [-0.2, -0.15) is 0 Å². The first kappa shape index (κ1) is 17.0. The maximum atomic E-state index is 6.17. The quantitative estimate of drug-likeness (QED) is 0.437. The number of hydrogen-bond donors (Lipinski definition) is 0. The Hall–Kier alpha value is -3.46. The number of hydrogen-bond acceptors (Lipinski definition) is 3. The maximum absolute atomic E-state index is 6.17. The molecule has 0 N–H and O–H groups in total. The van der Waals surface area contributed by atoms with Crippen LogP contribution in [0.5, 0.6) is 11.5 Å². The van der Waals surface area contributed by atoms with Crippen molar-refractivity contribution in [3.8, 4) is 33.9 Å². The molecule has 4 rings (SSSR count). The van der Waals surface area contributed by atoms with Crippen LogP contribution in [0.1, 0.15) is 11.4 Å². The Morgan fingerprint density at radius 3 is 2.15 bits per heavy atom. The molecule has 3 heteroatoms. The van der Waals surface area contributed by atoms with Gasteiger partial charge in [0, 0.05) is 17.3 Å². The van der Waals surface area contributed by atoms with Crippen LogP contribution >= 0.6 is 0 Å². The van der Waals surface area contributed by atoms with Crippen LogP contribution in [0.25, 0.3) is 22.4 Å². The first-order chi connectivity index (χ1) is 13.2. The van der Waals surface area contributed by atoms with E-state index in [1.54, 1.807) is 6.20 Å². The van der Waals surface area contributed by atoms with Crippen molar-refractivity contribution in [2.45, 2.75) is 13.8 Å². The van der Waals surface area contributed by atoms with E-state index in [1.165, 1.54) is 0 Å². The Bertz CT molecular complexity index is 1060. The Kier molecular flexibility index (Phi) is 4.67. The summed E-state index contributed by atoms with van der Waals surface area (Å²) in [6, 6.07) is 26.3. The van der Waals surface area contributed by atoms with Crippen molar-refractivity contribution in [1.82, 2.24) is 9.97 Å². The van der Waals surface area contributed by atoms with E-state index in [4.69, 9.17) is 4.74 Å². The smallest absolute Gasteiger partial charge is 0.135 e. The molecule has 0 spiro atoms. The van der Waals surface area contributed by atoms with Gasteiger partial charge in [-0.15, -0.1) is 0 Å². The van der Waals surface area contributed by atoms with E-state index in [-0.39, 0.29) is 0 Å². The molecule has 0 fully saturated rings. The van der Waals surface area contributed by atoms with Gasteiger partial charge in [-0.25, -0.2) is 0 Å². The van der Waals surface area contributed by atoms with Crippen molar-refractivity contribution in [2.24, 2.45) is 0 Å². The van der Waals surface area contributed by atoms with Gasteiger partial charge in [0.25, 0.3) is 0 Å². The minimum absolute atomic E-state index is 0.814. The number of nitrogens with zero attached hydrogens (tertiary/aromatic N) is 2. The van der Waals surface area contributed by atoms with Crippen molar-refractivity contribution >= 4 is 0 Å². The van der Waals surface area contributed by atoms with Gasteiger partial charge in [0.05, 0.1) is 17.1 Å². The van der Waals surface area contributed by atoms with Crippen molar-refractivity contribution in [1.29, 1.82) is 0 Å². The fraction of sp³-hybridized carbons (Fsp3) is 0.0833. The number of rotatable bonds is 4. The predicted molar refractivity (Wildman–Crippen MR) is 109 cm³/mol. The first-order valence-corrected chi connectivity index (χ1v) is 8.94. The van der Waals surface area contributed by atoms with Gasteiger partial charge in [0.2, 0.25) is 0 Å². The van der Waals surface area contributed by atoms with Crippen molar-refractivity contribution < 1.29 is 4.74 Å². The molecule has 1 aromatic heterocycles. The van der Waals surface area contributed by atoms with Crippen LogP contribution in [0.2, 0.25) is 0 Å². The molecule has 0 saturated heterocycles. The molecule has 0 radical (unpaired) electrons. The summed E-state index contributed by atoms with van der Waals surface area (Å²) in [4.78, 5) is 9.14. The molecule has 0 aliphatic carbocycles. The summed E-state index contributed by atoms with van der Waals surface area (Å²) in [5.74, 6) is 1.63. The second-order valence-electron chi connectivity index (χ2n) is 6.44. The minimum Gasteiger partial charge on any atom is -0.457 e. The Morgan fingerprint density at radius 2 is 1.44 bits per heavy atom. The summed E-state index contributed by atoms with van der Waals surface area (Å²) in [6.07, 6.45) is 1.80. The van der Waals surface area contributed by atoms with Crippen molar-refractivity contribution in [3.63, 3.8) is 0 Å². The van der Waals surface area contributed by atoms with E-state index >= 15 is 0 Å². The summed E-state index contributed by atoms with van der Waals surface area (Å²) < 4.78 is 6.17. The summed E-state index contributed by atoms with van der Waals surface area (Å²) >= 11 is 0. The lowest BCUT2D eigenvalue weighted by molar-refractivity contribution is 0.484. The zero-order valence-corrected chi connectivity index (χ0v) is 15.4. The first-order valence-electron chi connectivity index (χ1n) is 8.94. The van der Waals surface area contributed by atoms with E-state index in [0.29, 0.717) is 0 Å². The standard InChI is InChI=1S/C24H20N2O/c1-17-16-25-24(18(2)26-17)20-13-14-23(27-21-11-7-4-8-12-21)22(15-20)19-9-5-3-6-10-19/h3-16H,1-2H3. The van der Waals surface area contributed by atoms with E-state index in [0.717, 1.165) is 45.3 Å². The van der Waals surface area contributed by atoms with Crippen LogP contribution in [0.3, 0.4) is 0 Å². The third kappa shape index (κ3) is 3.72. The van der Waals surface area contributed by atoms with Crippen LogP contribution in [-0.2, 0) is 0 Å². The van der Waals surface area contributed by atoms with Crippen LogP contribution in [0.15, 0.2) is 85.1 Å². The lowest BCUT2D eigenvalue weighted by atomic mass is 9.99. The van der Waals surface area contributed by atoms with Crippen LogP contribution in [0.4, 0.5) is 0 Å². The van der Waals surface area contributed by atoms with E-state index < -0.39 is 0 Å². The Labute approximate surface area is 159 Å². The SMILES string of the molecule is Cc1cnc(-c2ccc(Oc3ccccc3)c(-c3ccccc3)c2)c(C)n1. The topological polar surface area (TPSA) is 35.0 Å². The molecule has 0 bridgehead atoms. The molecule has 0 amide bonds. The molecule has 27 heavy (non-hydrogen) atoms. The number of ether oxygens (including phenoxy) is 1. The zero-order valence-electron chi connectivity index (χ0n) is 15.4. The molecule has 4 aromatic rings. The molecule has 132 valence electrons. The summed E-state index contributed by atoms with van der Waals surface area (Å²) in [5, 5.41) is 0. The molecular formula is C24H20N2O. The minimum atomic E-state index is 0.814. The highest BCUT2D eigenvalue weighted by Crippen LogP contribution is 2.36. The monoisotopic (exact) mass is 352 g/mol. The Morgan fingerprint density at radius 1 is 0.741 bits per heavy atom. The van der Waals surface area contributed by atoms with Gasteiger partial charge in [-0.1, -0.05) is 48.5 Å². The largest absolute Gasteiger partial charge is 0.457 e. The van der Waals surface area contributed by atoms with Gasteiger partial charge in [-0.05, 0) is 49.7 Å². The molecule has 0 unspecified atom stereocenters. The molecule has 0 atom stereocenters. The van der Waals surface area contributed by atoms with Crippen molar-refractivity contribution in [2.75, 3.05) is 0 Å². The summed E-state index contributed by atoms with van der Waals surface area (Å²) in [5.41, 5.74) is 5.89. The normalized spacial score (nSPS) is 10.6. The molecule has 0 aliphatic rings. The molecule has 0 saturated carbocycles.